The van der Waals surface area contributed by atoms with Gasteiger partial charge in [0.25, 0.3) is 5.91 Å². The number of esters is 1. The minimum atomic E-state index is -0.508. The lowest BCUT2D eigenvalue weighted by atomic mass is 10.1. The number of methoxy groups -OCH3 is 1. The highest BCUT2D eigenvalue weighted by molar-refractivity contribution is 7.16. The maximum atomic E-state index is 13.1. The van der Waals surface area contributed by atoms with Crippen LogP contribution in [0.2, 0.25) is 0 Å². The number of amides is 1. The molecule has 21 heavy (non-hydrogen) atoms. The van der Waals surface area contributed by atoms with Crippen LogP contribution in [-0.2, 0) is 4.74 Å². The lowest BCUT2D eigenvalue weighted by Gasteiger charge is -2.06. The molecule has 1 aromatic heterocycles. The molecule has 0 spiro atoms. The van der Waals surface area contributed by atoms with Crippen LogP contribution in [0.25, 0.3) is 0 Å². The Morgan fingerprint density at radius 3 is 2.62 bits per heavy atom. The highest BCUT2D eigenvalue weighted by Gasteiger charge is 2.22. The van der Waals surface area contributed by atoms with Crippen molar-refractivity contribution in [2.45, 2.75) is 13.8 Å². The number of nitrogens with one attached hydrogen (secondary N) is 1. The third-order valence-corrected chi connectivity index (χ3v) is 4.21. The molecule has 0 saturated carbocycles. The minimum Gasteiger partial charge on any atom is -0.465 e. The lowest BCUT2D eigenvalue weighted by Crippen LogP contribution is -2.14. The highest BCUT2D eigenvalue weighted by Crippen LogP contribution is 2.33. The van der Waals surface area contributed by atoms with Crippen molar-refractivity contribution in [3.8, 4) is 0 Å². The first-order chi connectivity index (χ1) is 9.93. The summed E-state index contributed by atoms with van der Waals surface area (Å²) in [5.74, 6) is -1.47. The maximum Gasteiger partial charge on any atom is 0.341 e. The zero-order valence-electron chi connectivity index (χ0n) is 11.8. The van der Waals surface area contributed by atoms with Crippen LogP contribution in [-0.4, -0.2) is 19.0 Å². The number of halogens is 1. The zero-order chi connectivity index (χ0) is 15.6. The van der Waals surface area contributed by atoms with Crippen molar-refractivity contribution in [2.24, 2.45) is 0 Å². The molecule has 0 saturated heterocycles. The van der Waals surface area contributed by atoms with E-state index in [-0.39, 0.29) is 5.56 Å². The van der Waals surface area contributed by atoms with E-state index in [9.17, 15) is 14.0 Å². The molecular formula is C15H14FNO3S. The molecule has 0 aliphatic rings. The predicted molar refractivity (Wildman–Crippen MR) is 79.5 cm³/mol. The maximum absolute atomic E-state index is 13.1. The van der Waals surface area contributed by atoms with E-state index in [0.29, 0.717) is 10.6 Å². The molecule has 2 aromatic rings. The van der Waals surface area contributed by atoms with E-state index in [1.54, 1.807) is 6.92 Å². The number of thiophene rings is 1. The number of rotatable bonds is 3. The van der Waals surface area contributed by atoms with E-state index >= 15 is 0 Å². The van der Waals surface area contributed by atoms with Gasteiger partial charge in [-0.2, -0.15) is 0 Å². The predicted octanol–water partition coefficient (Wildman–Crippen LogP) is 3.54. The van der Waals surface area contributed by atoms with Crippen molar-refractivity contribution in [3.63, 3.8) is 0 Å². The fraction of sp³-hybridized carbons (Fsp3) is 0.200. The summed E-state index contributed by atoms with van der Waals surface area (Å²) in [6, 6.07) is 5.36. The molecule has 1 N–H and O–H groups in total. The average Bonchev–Trinajstić information content (AvgIpc) is 2.73. The topological polar surface area (TPSA) is 55.4 Å². The Kier molecular flexibility index (Phi) is 4.37. The molecule has 0 radical (unpaired) electrons. The second-order valence-electron chi connectivity index (χ2n) is 4.44. The van der Waals surface area contributed by atoms with Crippen LogP contribution in [0.15, 0.2) is 24.3 Å². The largest absolute Gasteiger partial charge is 0.465 e. The number of ether oxygens (including phenoxy) is 1. The zero-order valence-corrected chi connectivity index (χ0v) is 12.6. The third-order valence-electron chi connectivity index (χ3n) is 3.09. The molecule has 6 heteroatoms. The molecule has 110 valence electrons. The van der Waals surface area contributed by atoms with Gasteiger partial charge in [-0.05, 0) is 37.6 Å². The summed E-state index contributed by atoms with van der Waals surface area (Å²) in [6.45, 7) is 3.64. The van der Waals surface area contributed by atoms with E-state index in [1.165, 1.54) is 36.6 Å². The number of carbonyl (C=O) groups is 2. The van der Waals surface area contributed by atoms with Gasteiger partial charge in [-0.25, -0.2) is 9.18 Å². The van der Waals surface area contributed by atoms with Gasteiger partial charge >= 0.3 is 5.97 Å². The number of anilines is 1. The second-order valence-corrected chi connectivity index (χ2v) is 5.67. The quantitative estimate of drug-likeness (QED) is 0.882. The van der Waals surface area contributed by atoms with E-state index in [1.807, 2.05) is 6.92 Å². The summed E-state index contributed by atoms with van der Waals surface area (Å²) in [5, 5.41) is 3.05. The van der Waals surface area contributed by atoms with Crippen LogP contribution in [0.3, 0.4) is 0 Å². The summed E-state index contributed by atoms with van der Waals surface area (Å²) in [4.78, 5) is 24.8. The normalized spacial score (nSPS) is 10.3. The Morgan fingerprint density at radius 1 is 1.29 bits per heavy atom. The number of aryl methyl sites for hydroxylation is 1. The van der Waals surface area contributed by atoms with E-state index in [0.717, 1.165) is 16.5 Å². The van der Waals surface area contributed by atoms with Crippen LogP contribution in [0.4, 0.5) is 9.39 Å². The summed E-state index contributed by atoms with van der Waals surface area (Å²) in [5.41, 5.74) is 1.29. The fourth-order valence-corrected chi connectivity index (χ4v) is 2.91. The van der Waals surface area contributed by atoms with Crippen molar-refractivity contribution in [1.29, 1.82) is 0 Å². The number of carbonyl (C=O) groups excluding carboxylic acids is 2. The van der Waals surface area contributed by atoms with Crippen LogP contribution in [0.1, 0.15) is 31.2 Å². The SMILES string of the molecule is COC(=O)c1c(NC(=O)c2cccc(F)c2)sc(C)c1C. The number of hydrogen-bond donors (Lipinski definition) is 1. The first kappa shape index (κ1) is 15.2. The van der Waals surface area contributed by atoms with Gasteiger partial charge in [0.05, 0.1) is 12.7 Å². The average molecular weight is 307 g/mol. The molecule has 1 aromatic carbocycles. The molecule has 0 aliphatic heterocycles. The minimum absolute atomic E-state index is 0.189. The van der Waals surface area contributed by atoms with Crippen LogP contribution >= 0.6 is 11.3 Å². The first-order valence-electron chi connectivity index (χ1n) is 6.19. The monoisotopic (exact) mass is 307 g/mol. The highest BCUT2D eigenvalue weighted by atomic mass is 32.1. The van der Waals surface area contributed by atoms with Crippen molar-refractivity contribution in [2.75, 3.05) is 12.4 Å². The standard InChI is InChI=1S/C15H14FNO3S/c1-8-9(2)21-14(12(8)15(19)20-3)17-13(18)10-5-4-6-11(16)7-10/h4-7H,1-3H3,(H,17,18). The Balaban J connectivity index is 2.34. The van der Waals surface area contributed by atoms with Gasteiger partial charge in [0.2, 0.25) is 0 Å². The van der Waals surface area contributed by atoms with Crippen molar-refractivity contribution < 1.29 is 18.7 Å². The van der Waals surface area contributed by atoms with Gasteiger partial charge in [0.15, 0.2) is 0 Å². The summed E-state index contributed by atoms with van der Waals surface area (Å²) in [7, 11) is 1.28. The van der Waals surface area contributed by atoms with Crippen molar-refractivity contribution in [1.82, 2.24) is 0 Å². The Hall–Kier alpha value is -2.21. The van der Waals surface area contributed by atoms with Crippen molar-refractivity contribution >= 4 is 28.2 Å². The Bertz CT molecular complexity index is 709. The summed E-state index contributed by atoms with van der Waals surface area (Å²) in [6.07, 6.45) is 0. The molecule has 0 fully saturated rings. The van der Waals surface area contributed by atoms with Crippen LogP contribution in [0.5, 0.6) is 0 Å². The smallest absolute Gasteiger partial charge is 0.341 e. The number of benzene rings is 1. The molecule has 0 atom stereocenters. The van der Waals surface area contributed by atoms with Gasteiger partial charge in [-0.15, -0.1) is 11.3 Å². The fourth-order valence-electron chi connectivity index (χ4n) is 1.87. The van der Waals surface area contributed by atoms with Gasteiger partial charge in [0.1, 0.15) is 10.8 Å². The Morgan fingerprint density at radius 2 is 2.00 bits per heavy atom. The van der Waals surface area contributed by atoms with Gasteiger partial charge < -0.3 is 10.1 Å². The van der Waals surface area contributed by atoms with Gasteiger partial charge in [0, 0.05) is 10.4 Å². The summed E-state index contributed by atoms with van der Waals surface area (Å²) < 4.78 is 17.9. The molecule has 1 amide bonds. The van der Waals surface area contributed by atoms with E-state index in [2.05, 4.69) is 5.32 Å². The molecule has 1 heterocycles. The molecule has 4 nitrogen and oxygen atoms in total. The lowest BCUT2D eigenvalue weighted by molar-refractivity contribution is 0.0601. The van der Waals surface area contributed by atoms with Gasteiger partial charge in [-0.1, -0.05) is 6.07 Å². The van der Waals surface area contributed by atoms with E-state index < -0.39 is 17.7 Å². The second kappa shape index (κ2) is 6.05. The van der Waals surface area contributed by atoms with Gasteiger partial charge in [-0.3, -0.25) is 4.79 Å². The first-order valence-corrected chi connectivity index (χ1v) is 7.01. The third kappa shape index (κ3) is 3.11. The van der Waals surface area contributed by atoms with Crippen LogP contribution < -0.4 is 5.32 Å². The van der Waals surface area contributed by atoms with Crippen molar-refractivity contribution in [3.05, 3.63) is 51.7 Å². The molecule has 0 aliphatic carbocycles. The molecule has 0 unspecified atom stereocenters. The van der Waals surface area contributed by atoms with Crippen LogP contribution in [0, 0.1) is 19.7 Å². The molecule has 2 rings (SSSR count). The number of hydrogen-bond acceptors (Lipinski definition) is 4. The summed E-state index contributed by atoms with van der Waals surface area (Å²) >= 11 is 1.29. The van der Waals surface area contributed by atoms with E-state index in [4.69, 9.17) is 4.74 Å². The Labute approximate surface area is 125 Å². The molecular weight excluding hydrogens is 293 g/mol. The molecule has 0 bridgehead atoms.